The van der Waals surface area contributed by atoms with Gasteiger partial charge in [-0.2, -0.15) is 13.2 Å². The molecule has 0 aliphatic rings. The van der Waals surface area contributed by atoms with Crippen LogP contribution in [0, 0.1) is 0 Å². The fourth-order valence-electron chi connectivity index (χ4n) is 2.25. The van der Waals surface area contributed by atoms with Crippen molar-refractivity contribution in [3.63, 3.8) is 0 Å². The first-order valence-electron chi connectivity index (χ1n) is 7.49. The van der Waals surface area contributed by atoms with E-state index in [0.29, 0.717) is 17.1 Å². The molecule has 0 aliphatic heterocycles. The summed E-state index contributed by atoms with van der Waals surface area (Å²) in [5.41, 5.74) is -0.570. The van der Waals surface area contributed by atoms with Gasteiger partial charge in [-0.1, -0.05) is 30.3 Å². The topological polar surface area (TPSA) is 52.1 Å². The van der Waals surface area contributed by atoms with Crippen molar-refractivity contribution in [2.24, 2.45) is 0 Å². The molecule has 0 N–H and O–H groups in total. The van der Waals surface area contributed by atoms with Gasteiger partial charge in [0, 0.05) is 9.77 Å². The molecule has 1 heterocycles. The number of alkyl halides is 3. The first-order chi connectivity index (χ1) is 12.5. The summed E-state index contributed by atoms with van der Waals surface area (Å²) in [6.07, 6.45) is -4.63. The number of para-hydroxylation sites is 1. The molecule has 0 fully saturated rings. The largest absolute Gasteiger partial charge is 0.467 e. The lowest BCUT2D eigenvalue weighted by molar-refractivity contribution is -0.141. The van der Waals surface area contributed by atoms with Crippen molar-refractivity contribution in [2.75, 3.05) is 0 Å². The van der Waals surface area contributed by atoms with Crippen LogP contribution in [-0.2, 0) is 27.8 Å². The maximum atomic E-state index is 13.1. The maximum absolute atomic E-state index is 13.1. The zero-order valence-electron chi connectivity index (χ0n) is 13.2. The summed E-state index contributed by atoms with van der Waals surface area (Å²) in [5.74, 6) is 0.647. The summed E-state index contributed by atoms with van der Waals surface area (Å²) in [4.78, 5) is 7.49. The third-order valence-corrected chi connectivity index (χ3v) is 3.74. The molecule has 0 spiro atoms. The van der Waals surface area contributed by atoms with Crippen molar-refractivity contribution in [1.29, 1.82) is 0 Å². The van der Waals surface area contributed by atoms with Gasteiger partial charge in [0.05, 0.1) is 5.69 Å². The van der Waals surface area contributed by atoms with Crippen LogP contribution in [0.5, 0.6) is 11.5 Å². The van der Waals surface area contributed by atoms with Crippen LogP contribution in [0.1, 0.15) is 11.5 Å². The third kappa shape index (κ3) is 4.40. The highest BCUT2D eigenvalue weighted by molar-refractivity contribution is 7.64. The van der Waals surface area contributed by atoms with Gasteiger partial charge in [0.1, 0.15) is 17.2 Å². The fraction of sp³-hybridized carbons (Fsp3) is 0.111. The second-order valence-electron chi connectivity index (χ2n) is 5.26. The molecule has 1 aromatic heterocycles. The Hall–Kier alpha value is -2.87. The molecule has 132 valence electrons. The highest BCUT2D eigenvalue weighted by atomic mass is 32.1. The van der Waals surface area contributed by atoms with Gasteiger partial charge >= 0.3 is 17.8 Å². The van der Waals surface area contributed by atoms with E-state index < -0.39 is 11.9 Å². The molecule has 2 aromatic carbocycles. The van der Waals surface area contributed by atoms with Crippen molar-refractivity contribution in [2.45, 2.75) is 11.9 Å². The van der Waals surface area contributed by atoms with E-state index >= 15 is 0 Å². The molecule has 3 aromatic rings. The Morgan fingerprint density at radius 2 is 1.65 bits per heavy atom. The molecule has 0 radical (unpaired) electrons. The van der Waals surface area contributed by atoms with E-state index in [1.165, 1.54) is 0 Å². The highest BCUT2D eigenvalue weighted by Crippen LogP contribution is 2.32. The van der Waals surface area contributed by atoms with Crippen molar-refractivity contribution in [3.8, 4) is 22.8 Å². The van der Waals surface area contributed by atoms with Crippen molar-refractivity contribution in [1.82, 2.24) is 9.97 Å². The second-order valence-corrected chi connectivity index (χ2v) is 5.78. The molecule has 3 rings (SSSR count). The van der Waals surface area contributed by atoms with E-state index in [2.05, 4.69) is 9.97 Å². The standard InChI is InChI=1S/C18H12F3N2O2S/c19-18(20,21)16-10-15(22-17(23-16)11-26-24)12-5-4-8-14(9-12)25-13-6-2-1-3-7-13/h1-10H,11H2/q+1. The smallest absolute Gasteiger partial charge is 0.457 e. The Labute approximate surface area is 151 Å². The van der Waals surface area contributed by atoms with E-state index in [9.17, 15) is 17.4 Å². The van der Waals surface area contributed by atoms with Gasteiger partial charge in [-0.25, -0.2) is 9.97 Å². The van der Waals surface area contributed by atoms with Crippen LogP contribution >= 0.6 is 0 Å². The van der Waals surface area contributed by atoms with Crippen LogP contribution in [-0.4, -0.2) is 9.97 Å². The van der Waals surface area contributed by atoms with Crippen LogP contribution in [0.4, 0.5) is 13.2 Å². The van der Waals surface area contributed by atoms with Gasteiger partial charge in [0.25, 0.3) is 5.75 Å². The van der Waals surface area contributed by atoms with Crippen molar-refractivity contribution in [3.05, 3.63) is 72.2 Å². The Kier molecular flexibility index (Phi) is 5.22. The number of benzene rings is 2. The number of halogens is 3. The molecule has 0 bridgehead atoms. The number of hydrogen-bond acceptors (Lipinski definition) is 4. The summed E-state index contributed by atoms with van der Waals surface area (Å²) in [6, 6.07) is 16.4. The van der Waals surface area contributed by atoms with Gasteiger partial charge in [-0.3, -0.25) is 0 Å². The summed E-state index contributed by atoms with van der Waals surface area (Å²) in [5, 5.41) is 0. The number of ether oxygens (including phenoxy) is 1. The summed E-state index contributed by atoms with van der Waals surface area (Å²) in [7, 11) is 0. The van der Waals surface area contributed by atoms with Gasteiger partial charge in [-0.05, 0) is 30.3 Å². The highest BCUT2D eigenvalue weighted by Gasteiger charge is 2.34. The monoisotopic (exact) mass is 377 g/mol. The minimum Gasteiger partial charge on any atom is -0.457 e. The molecule has 0 amide bonds. The molecule has 0 aliphatic carbocycles. The van der Waals surface area contributed by atoms with Gasteiger partial charge < -0.3 is 4.74 Å². The molecule has 0 atom stereocenters. The van der Waals surface area contributed by atoms with Gasteiger partial charge in [0.2, 0.25) is 0 Å². The molecular formula is C18H12F3N2O2S+. The van der Waals surface area contributed by atoms with E-state index in [1.54, 1.807) is 36.4 Å². The lowest BCUT2D eigenvalue weighted by Gasteiger charge is -2.10. The van der Waals surface area contributed by atoms with E-state index in [-0.39, 0.29) is 28.9 Å². The number of aromatic nitrogens is 2. The van der Waals surface area contributed by atoms with Crippen LogP contribution in [0.3, 0.4) is 0 Å². The predicted molar refractivity (Wildman–Crippen MR) is 90.7 cm³/mol. The van der Waals surface area contributed by atoms with Crippen LogP contribution in [0.2, 0.25) is 0 Å². The predicted octanol–water partition coefficient (Wildman–Crippen LogP) is 4.88. The molecular weight excluding hydrogens is 365 g/mol. The quantitative estimate of drug-likeness (QED) is 0.595. The average Bonchev–Trinajstić information content (AvgIpc) is 2.62. The number of rotatable bonds is 5. The van der Waals surface area contributed by atoms with Crippen molar-refractivity contribution < 1.29 is 22.1 Å². The summed E-state index contributed by atoms with van der Waals surface area (Å²) >= 11 is 0.116. The molecule has 0 saturated heterocycles. The van der Waals surface area contributed by atoms with Crippen LogP contribution in [0.25, 0.3) is 11.3 Å². The lowest BCUT2D eigenvalue weighted by atomic mass is 10.1. The Morgan fingerprint density at radius 1 is 0.923 bits per heavy atom. The Morgan fingerprint density at radius 3 is 2.35 bits per heavy atom. The molecule has 0 unspecified atom stereocenters. The Balaban J connectivity index is 1.99. The summed E-state index contributed by atoms with van der Waals surface area (Å²) < 4.78 is 55.6. The normalized spacial score (nSPS) is 11.2. The van der Waals surface area contributed by atoms with Gasteiger partial charge in [0.15, 0.2) is 5.82 Å². The zero-order valence-corrected chi connectivity index (χ0v) is 14.1. The molecule has 0 saturated carbocycles. The molecule has 8 heteroatoms. The van der Waals surface area contributed by atoms with E-state index in [0.717, 1.165) is 6.07 Å². The first kappa shape index (κ1) is 17.9. The average molecular weight is 377 g/mol. The minimum absolute atomic E-state index is 0.0786. The Bertz CT molecular complexity index is 918. The first-order valence-corrected chi connectivity index (χ1v) is 8.40. The van der Waals surface area contributed by atoms with Crippen molar-refractivity contribution >= 4 is 11.7 Å². The maximum Gasteiger partial charge on any atom is 0.467 e. The molecule has 4 nitrogen and oxygen atoms in total. The fourth-order valence-corrected chi connectivity index (χ4v) is 2.49. The van der Waals surface area contributed by atoms with E-state index in [1.807, 2.05) is 18.2 Å². The zero-order chi connectivity index (χ0) is 18.6. The van der Waals surface area contributed by atoms with Crippen LogP contribution in [0.15, 0.2) is 60.7 Å². The lowest BCUT2D eigenvalue weighted by Crippen LogP contribution is -2.11. The van der Waals surface area contributed by atoms with E-state index in [4.69, 9.17) is 4.74 Å². The van der Waals surface area contributed by atoms with Gasteiger partial charge in [-0.15, -0.1) is 0 Å². The second kappa shape index (κ2) is 7.57. The molecule has 26 heavy (non-hydrogen) atoms. The third-order valence-electron chi connectivity index (χ3n) is 3.36. The SMILES string of the molecule is O=[S+]Cc1nc(-c2cccc(Oc3ccccc3)c2)cc(C(F)(F)F)n1. The number of nitrogens with zero attached hydrogens (tertiary/aromatic N) is 2. The van der Waals surface area contributed by atoms with Crippen LogP contribution < -0.4 is 4.74 Å². The minimum atomic E-state index is -4.63. The number of hydrogen-bond donors (Lipinski definition) is 0. The summed E-state index contributed by atoms with van der Waals surface area (Å²) in [6.45, 7) is 0.